The lowest BCUT2D eigenvalue weighted by Gasteiger charge is -2.15. The number of pyridine rings is 1. The summed E-state index contributed by atoms with van der Waals surface area (Å²) in [5, 5.41) is 15.1. The summed E-state index contributed by atoms with van der Waals surface area (Å²) < 4.78 is 43.2. The van der Waals surface area contributed by atoms with Crippen molar-refractivity contribution in [3.63, 3.8) is 0 Å². The summed E-state index contributed by atoms with van der Waals surface area (Å²) in [5.41, 5.74) is -0.922. The number of aromatic nitrogens is 1. The highest BCUT2D eigenvalue weighted by atomic mass is 127. The molecule has 1 aromatic rings. The van der Waals surface area contributed by atoms with Gasteiger partial charge in [-0.05, 0) is 31.7 Å². The van der Waals surface area contributed by atoms with Crippen LogP contribution < -0.4 is 15.4 Å². The molecule has 0 amide bonds. The Balaban J connectivity index is 0.00000784. The Bertz CT molecular complexity index is 615. The largest absolute Gasteiger partial charge is 0.475 e. The van der Waals surface area contributed by atoms with Crippen LogP contribution in [0, 0.1) is 5.92 Å². The lowest BCUT2D eigenvalue weighted by Crippen LogP contribution is -2.39. The molecule has 0 aliphatic rings. The van der Waals surface area contributed by atoms with Crippen LogP contribution in [0.15, 0.2) is 17.3 Å². The van der Waals surface area contributed by atoms with E-state index in [9.17, 15) is 13.2 Å². The van der Waals surface area contributed by atoms with Crippen molar-refractivity contribution in [1.82, 2.24) is 15.6 Å². The minimum Gasteiger partial charge on any atom is -0.475 e. The number of aliphatic imine (C=N–C) groups is 1. The Morgan fingerprint density at radius 2 is 2.03 bits per heavy atom. The van der Waals surface area contributed by atoms with E-state index in [4.69, 9.17) is 21.4 Å². The van der Waals surface area contributed by atoms with Crippen LogP contribution >= 0.6 is 35.6 Å². The molecule has 6 nitrogen and oxygen atoms in total. The van der Waals surface area contributed by atoms with Gasteiger partial charge in [0.1, 0.15) is 11.6 Å². The molecule has 0 aliphatic heterocycles. The monoisotopic (exact) mass is 552 g/mol. The second kappa shape index (κ2) is 14.9. The Kier molecular flexibility index (Phi) is 14.4. The molecule has 0 saturated carbocycles. The van der Waals surface area contributed by atoms with Gasteiger partial charge >= 0.3 is 6.18 Å². The number of rotatable bonds is 11. The maximum atomic E-state index is 12.6. The zero-order chi connectivity index (χ0) is 21.0. The predicted molar refractivity (Wildman–Crippen MR) is 119 cm³/mol. The summed E-state index contributed by atoms with van der Waals surface area (Å²) in [4.78, 5) is 8.14. The van der Waals surface area contributed by atoms with E-state index in [-0.39, 0.29) is 48.1 Å². The number of aliphatic hydroxyl groups is 1. The number of alkyl halides is 3. The normalized spacial score (nSPS) is 12.9. The number of ether oxygens (including phenoxy) is 1. The van der Waals surface area contributed by atoms with Crippen LogP contribution in [0.4, 0.5) is 13.2 Å². The van der Waals surface area contributed by atoms with Crippen molar-refractivity contribution in [1.29, 1.82) is 0 Å². The molecule has 168 valence electrons. The lowest BCUT2D eigenvalue weighted by molar-refractivity contribution is -0.137. The second-order valence-corrected chi connectivity index (χ2v) is 6.58. The average molecular weight is 553 g/mol. The van der Waals surface area contributed by atoms with E-state index in [0.717, 1.165) is 18.9 Å². The molecule has 0 saturated heterocycles. The second-order valence-electron chi connectivity index (χ2n) is 6.17. The van der Waals surface area contributed by atoms with Crippen molar-refractivity contribution in [2.24, 2.45) is 10.9 Å². The first-order valence-electron chi connectivity index (χ1n) is 9.30. The van der Waals surface area contributed by atoms with Crippen LogP contribution in [0.1, 0.15) is 38.7 Å². The van der Waals surface area contributed by atoms with Crippen molar-refractivity contribution in [3.05, 3.63) is 22.8 Å². The first-order valence-corrected chi connectivity index (χ1v) is 9.68. The molecule has 1 rings (SSSR count). The summed E-state index contributed by atoms with van der Waals surface area (Å²) in [6, 6.07) is 0.790. The van der Waals surface area contributed by atoms with E-state index in [1.807, 2.05) is 6.92 Å². The van der Waals surface area contributed by atoms with Gasteiger partial charge in [0.2, 0.25) is 5.88 Å². The molecular formula is C18H29ClF3IN4O2. The fourth-order valence-electron chi connectivity index (χ4n) is 2.48. The van der Waals surface area contributed by atoms with E-state index in [1.54, 1.807) is 0 Å². The van der Waals surface area contributed by atoms with Gasteiger partial charge in [0.05, 0.1) is 12.1 Å². The smallest absolute Gasteiger partial charge is 0.417 e. The minimum atomic E-state index is -4.50. The average Bonchev–Trinajstić information content (AvgIpc) is 2.63. The molecule has 0 bridgehead atoms. The maximum absolute atomic E-state index is 12.6. The zero-order valence-corrected chi connectivity index (χ0v) is 19.6. The van der Waals surface area contributed by atoms with Gasteiger partial charge in [-0.1, -0.05) is 24.9 Å². The molecule has 1 aromatic heterocycles. The number of nitrogens with zero attached hydrogens (tertiary/aromatic N) is 2. The van der Waals surface area contributed by atoms with E-state index < -0.39 is 11.7 Å². The number of aliphatic hydroxyl groups excluding tert-OH is 1. The van der Waals surface area contributed by atoms with Crippen molar-refractivity contribution < 1.29 is 23.0 Å². The van der Waals surface area contributed by atoms with E-state index in [2.05, 4.69) is 27.5 Å². The summed E-state index contributed by atoms with van der Waals surface area (Å²) >= 11 is 5.81. The van der Waals surface area contributed by atoms with Crippen LogP contribution in [0.25, 0.3) is 0 Å². The van der Waals surface area contributed by atoms with E-state index in [1.165, 1.54) is 0 Å². The molecule has 29 heavy (non-hydrogen) atoms. The van der Waals surface area contributed by atoms with E-state index >= 15 is 0 Å². The highest BCUT2D eigenvalue weighted by Gasteiger charge is 2.31. The molecule has 0 fully saturated rings. The van der Waals surface area contributed by atoms with E-state index in [0.29, 0.717) is 44.1 Å². The van der Waals surface area contributed by atoms with Crippen LogP contribution in [-0.2, 0) is 6.18 Å². The molecule has 1 unspecified atom stereocenters. The molecule has 0 radical (unpaired) electrons. The number of guanidine groups is 1. The molecule has 11 heteroatoms. The summed E-state index contributed by atoms with van der Waals surface area (Å²) in [6.45, 7) is 5.96. The van der Waals surface area contributed by atoms with Crippen molar-refractivity contribution in [2.45, 2.75) is 39.3 Å². The van der Waals surface area contributed by atoms with Crippen LogP contribution in [0.3, 0.4) is 0 Å². The van der Waals surface area contributed by atoms with Gasteiger partial charge in [-0.15, -0.1) is 24.0 Å². The number of nitrogens with one attached hydrogen (secondary N) is 2. The molecule has 0 spiro atoms. The van der Waals surface area contributed by atoms with Crippen LogP contribution in [0.2, 0.25) is 5.02 Å². The summed E-state index contributed by atoms with van der Waals surface area (Å²) in [5.74, 6) is 0.873. The Morgan fingerprint density at radius 1 is 1.31 bits per heavy atom. The maximum Gasteiger partial charge on any atom is 0.417 e. The summed E-state index contributed by atoms with van der Waals surface area (Å²) in [6.07, 6.45) is -1.09. The van der Waals surface area contributed by atoms with Gasteiger partial charge in [0.15, 0.2) is 5.96 Å². The van der Waals surface area contributed by atoms with Crippen LogP contribution in [0.5, 0.6) is 5.88 Å². The third-order valence-electron chi connectivity index (χ3n) is 3.85. The minimum absolute atomic E-state index is 0. The third kappa shape index (κ3) is 11.1. The molecular weight excluding hydrogens is 524 g/mol. The van der Waals surface area contributed by atoms with Gasteiger partial charge < -0.3 is 20.5 Å². The molecule has 0 aliphatic carbocycles. The molecule has 1 atom stereocenters. The third-order valence-corrected chi connectivity index (χ3v) is 4.12. The SMILES string of the molecule is CCCC(CCO)CN=C(NCC)NCCOc1ncc(C(F)(F)F)cc1Cl.I. The van der Waals surface area contributed by atoms with Gasteiger partial charge in [0, 0.05) is 25.9 Å². The zero-order valence-electron chi connectivity index (χ0n) is 16.6. The highest BCUT2D eigenvalue weighted by molar-refractivity contribution is 14.0. The van der Waals surface area contributed by atoms with Gasteiger partial charge in [-0.2, -0.15) is 13.2 Å². The molecule has 1 heterocycles. The fourth-order valence-corrected chi connectivity index (χ4v) is 2.70. The van der Waals surface area contributed by atoms with Gasteiger partial charge in [-0.3, -0.25) is 4.99 Å². The summed E-state index contributed by atoms with van der Waals surface area (Å²) in [7, 11) is 0. The molecule has 0 aromatic carbocycles. The van der Waals surface area contributed by atoms with Gasteiger partial charge in [0.25, 0.3) is 0 Å². The van der Waals surface area contributed by atoms with Crippen LogP contribution in [-0.4, -0.2) is 48.9 Å². The number of halogens is 5. The topological polar surface area (TPSA) is 78.8 Å². The van der Waals surface area contributed by atoms with Crippen molar-refractivity contribution in [3.8, 4) is 5.88 Å². The Labute approximate surface area is 191 Å². The van der Waals surface area contributed by atoms with Crippen molar-refractivity contribution >= 4 is 41.5 Å². The Hall–Kier alpha value is -1.01. The lowest BCUT2D eigenvalue weighted by atomic mass is 10.0. The first-order chi connectivity index (χ1) is 13.3. The Morgan fingerprint density at radius 3 is 2.59 bits per heavy atom. The predicted octanol–water partition coefficient (Wildman–Crippen LogP) is 4.10. The van der Waals surface area contributed by atoms with Gasteiger partial charge in [-0.25, -0.2) is 4.98 Å². The van der Waals surface area contributed by atoms with Crippen molar-refractivity contribution in [2.75, 3.05) is 32.8 Å². The molecule has 3 N–H and O–H groups in total. The highest BCUT2D eigenvalue weighted by Crippen LogP contribution is 2.32. The first kappa shape index (κ1) is 28.0. The number of hydrogen-bond acceptors (Lipinski definition) is 4. The quantitative estimate of drug-likeness (QED) is 0.167. The standard InChI is InChI=1S/C18H28ClF3N4O2.HI/c1-3-5-13(6-8-27)11-26-17(23-4-2)24-7-9-28-16-15(19)10-14(12-25-16)18(20,21)22;/h10,12-13,27H,3-9,11H2,1-2H3,(H2,23,24,26);1H. The number of hydrogen-bond donors (Lipinski definition) is 3. The fraction of sp³-hybridized carbons (Fsp3) is 0.667.